The van der Waals surface area contributed by atoms with Crippen LogP contribution < -0.4 is 38.0 Å². The number of methoxy groups -OCH3 is 6. The molecule has 0 aliphatic rings. The molecule has 3 aromatic carbocycles. The van der Waals surface area contributed by atoms with Gasteiger partial charge in [0.1, 0.15) is 33.1 Å². The lowest BCUT2D eigenvalue weighted by molar-refractivity contribution is 0.324. The molecule has 4 aromatic rings. The van der Waals surface area contributed by atoms with E-state index in [0.29, 0.717) is 11.5 Å². The summed E-state index contributed by atoms with van der Waals surface area (Å²) in [5.74, 6) is 0.831. The molecule has 4 rings (SSSR count). The molecular formula is C27H26O11S. The van der Waals surface area contributed by atoms with Crippen LogP contribution in [0.3, 0.4) is 0 Å². The quantitative estimate of drug-likeness (QED) is 0.259. The fraction of sp³-hybridized carbons (Fsp3) is 0.222. The zero-order chi connectivity index (χ0) is 28.3. The molecule has 0 N–H and O–H groups in total. The van der Waals surface area contributed by atoms with Crippen molar-refractivity contribution in [3.05, 3.63) is 58.8 Å². The fourth-order valence-corrected chi connectivity index (χ4v) is 4.84. The fourth-order valence-electron chi connectivity index (χ4n) is 3.90. The van der Waals surface area contributed by atoms with Gasteiger partial charge in [0, 0.05) is 17.7 Å². The number of hydrogen-bond donors (Lipinski definition) is 0. The van der Waals surface area contributed by atoms with Crippen LogP contribution in [0, 0.1) is 0 Å². The molecule has 12 heteroatoms. The Balaban J connectivity index is 2.05. The lowest BCUT2D eigenvalue weighted by Crippen LogP contribution is -2.17. The molecule has 0 unspecified atom stereocenters. The van der Waals surface area contributed by atoms with Crippen molar-refractivity contribution in [2.24, 2.45) is 0 Å². The molecule has 0 fully saturated rings. The smallest absolute Gasteiger partial charge is 0.339 e. The Morgan fingerprint density at radius 2 is 1.23 bits per heavy atom. The monoisotopic (exact) mass is 558 g/mol. The molecule has 39 heavy (non-hydrogen) atoms. The van der Waals surface area contributed by atoms with E-state index in [0.717, 1.165) is 0 Å². The van der Waals surface area contributed by atoms with Crippen molar-refractivity contribution in [1.82, 2.24) is 0 Å². The van der Waals surface area contributed by atoms with Crippen molar-refractivity contribution < 1.29 is 45.4 Å². The largest absolute Gasteiger partial charge is 0.497 e. The van der Waals surface area contributed by atoms with E-state index in [1.54, 1.807) is 0 Å². The predicted molar refractivity (Wildman–Crippen MR) is 141 cm³/mol. The second-order valence-corrected chi connectivity index (χ2v) is 9.47. The minimum Gasteiger partial charge on any atom is -0.497 e. The van der Waals surface area contributed by atoms with E-state index in [4.69, 9.17) is 37.0 Å². The molecule has 11 nitrogen and oxygen atoms in total. The van der Waals surface area contributed by atoms with Crippen LogP contribution in [-0.2, 0) is 10.1 Å². The third-order valence-electron chi connectivity index (χ3n) is 5.81. The maximum absolute atomic E-state index is 13.9. The van der Waals surface area contributed by atoms with Gasteiger partial charge >= 0.3 is 10.1 Å². The van der Waals surface area contributed by atoms with Crippen LogP contribution in [0.25, 0.3) is 22.3 Å². The Kier molecular flexibility index (Phi) is 7.77. The van der Waals surface area contributed by atoms with Crippen molar-refractivity contribution in [1.29, 1.82) is 0 Å². The summed E-state index contributed by atoms with van der Waals surface area (Å²) in [7, 11) is 4.01. The zero-order valence-corrected chi connectivity index (χ0v) is 22.8. The topological polar surface area (TPSA) is 129 Å². The Morgan fingerprint density at radius 3 is 1.74 bits per heavy atom. The highest BCUT2D eigenvalue weighted by Crippen LogP contribution is 2.44. The molecule has 0 amide bonds. The van der Waals surface area contributed by atoms with Gasteiger partial charge in [-0.1, -0.05) is 0 Å². The van der Waals surface area contributed by atoms with Crippen molar-refractivity contribution >= 4 is 21.1 Å². The minimum atomic E-state index is -4.50. The van der Waals surface area contributed by atoms with Crippen LogP contribution in [0.2, 0.25) is 0 Å². The maximum atomic E-state index is 13.9. The summed E-state index contributed by atoms with van der Waals surface area (Å²) < 4.78 is 70.2. The predicted octanol–water partition coefficient (Wildman–Crippen LogP) is 4.28. The zero-order valence-electron chi connectivity index (χ0n) is 22.0. The van der Waals surface area contributed by atoms with E-state index in [1.807, 2.05) is 0 Å². The minimum absolute atomic E-state index is 0.0468. The van der Waals surface area contributed by atoms with Crippen LogP contribution in [0.4, 0.5) is 0 Å². The van der Waals surface area contributed by atoms with Gasteiger partial charge < -0.3 is 37.0 Å². The van der Waals surface area contributed by atoms with E-state index in [9.17, 15) is 13.2 Å². The Bertz CT molecular complexity index is 1650. The van der Waals surface area contributed by atoms with Crippen molar-refractivity contribution in [3.8, 4) is 51.6 Å². The normalized spacial score (nSPS) is 11.1. The summed E-state index contributed by atoms with van der Waals surface area (Å²) in [6.45, 7) is 0. The van der Waals surface area contributed by atoms with Crippen LogP contribution in [-0.4, -0.2) is 51.1 Å². The Morgan fingerprint density at radius 1 is 0.641 bits per heavy atom. The summed E-state index contributed by atoms with van der Waals surface area (Å²) in [6.07, 6.45) is 0. The Hall–Kier alpha value is -4.58. The first kappa shape index (κ1) is 27.5. The van der Waals surface area contributed by atoms with Crippen molar-refractivity contribution in [3.63, 3.8) is 0 Å². The Labute approximate surface area is 224 Å². The second kappa shape index (κ2) is 11.0. The molecule has 0 aliphatic heterocycles. The van der Waals surface area contributed by atoms with Gasteiger partial charge in [-0.2, -0.15) is 8.42 Å². The first-order valence-corrected chi connectivity index (χ1v) is 12.7. The molecule has 0 bridgehead atoms. The molecule has 206 valence electrons. The first-order valence-electron chi connectivity index (χ1n) is 11.3. The molecule has 0 saturated heterocycles. The van der Waals surface area contributed by atoms with Gasteiger partial charge in [-0.3, -0.25) is 4.79 Å². The molecular weight excluding hydrogens is 532 g/mol. The average Bonchev–Trinajstić information content (AvgIpc) is 2.96. The third-order valence-corrected chi connectivity index (χ3v) is 7.05. The highest BCUT2D eigenvalue weighted by Gasteiger charge is 2.28. The van der Waals surface area contributed by atoms with Gasteiger partial charge in [0.2, 0.25) is 16.9 Å². The van der Waals surface area contributed by atoms with E-state index in [-0.39, 0.29) is 50.2 Å². The lowest BCUT2D eigenvalue weighted by Gasteiger charge is -2.16. The van der Waals surface area contributed by atoms with Gasteiger partial charge in [0.05, 0.1) is 42.7 Å². The molecule has 0 spiro atoms. The molecule has 0 aliphatic carbocycles. The van der Waals surface area contributed by atoms with Gasteiger partial charge in [0.15, 0.2) is 17.3 Å². The van der Waals surface area contributed by atoms with E-state index in [1.165, 1.54) is 91.2 Å². The first-order chi connectivity index (χ1) is 18.7. The number of rotatable bonds is 10. The summed E-state index contributed by atoms with van der Waals surface area (Å²) in [4.78, 5) is 13.7. The van der Waals surface area contributed by atoms with Gasteiger partial charge in [-0.05, 0) is 36.4 Å². The van der Waals surface area contributed by atoms with Gasteiger partial charge in [0.25, 0.3) is 0 Å². The average molecular weight is 559 g/mol. The van der Waals surface area contributed by atoms with Crippen LogP contribution in [0.15, 0.2) is 62.6 Å². The van der Waals surface area contributed by atoms with Crippen LogP contribution >= 0.6 is 0 Å². The maximum Gasteiger partial charge on any atom is 0.339 e. The second-order valence-electron chi connectivity index (χ2n) is 7.92. The lowest BCUT2D eigenvalue weighted by atomic mass is 10.1. The summed E-state index contributed by atoms with van der Waals surface area (Å²) in [6, 6.07) is 11.4. The molecule has 0 radical (unpaired) electrons. The highest BCUT2D eigenvalue weighted by molar-refractivity contribution is 7.87. The highest BCUT2D eigenvalue weighted by atomic mass is 32.2. The molecule has 0 saturated carbocycles. The summed E-state index contributed by atoms with van der Waals surface area (Å²) >= 11 is 0. The number of ether oxygens (including phenoxy) is 6. The van der Waals surface area contributed by atoms with Gasteiger partial charge in [-0.25, -0.2) is 0 Å². The van der Waals surface area contributed by atoms with E-state index >= 15 is 0 Å². The van der Waals surface area contributed by atoms with Crippen molar-refractivity contribution in [2.75, 3.05) is 42.7 Å². The summed E-state index contributed by atoms with van der Waals surface area (Å²) in [5.41, 5.74) is -0.518. The third kappa shape index (κ3) is 5.10. The molecule has 0 atom stereocenters. The molecule has 1 heterocycles. The standard InChI is InChI=1S/C27H26O11S/c1-31-16-7-9-18(10-8-16)39(29,30)38-27-24(28)23-19(33-3)13-17(32-2)14-20(23)37-25(27)15-11-21(34-4)26(36-6)22(12-15)35-5/h7-14H,1-6H3. The number of benzene rings is 3. The van der Waals surface area contributed by atoms with E-state index in [2.05, 4.69) is 0 Å². The van der Waals surface area contributed by atoms with Crippen LogP contribution in [0.1, 0.15) is 0 Å². The van der Waals surface area contributed by atoms with Crippen molar-refractivity contribution in [2.45, 2.75) is 4.90 Å². The van der Waals surface area contributed by atoms with Crippen LogP contribution in [0.5, 0.6) is 40.2 Å². The number of fused-ring (bicyclic) bond motifs is 1. The number of hydrogen-bond acceptors (Lipinski definition) is 11. The summed E-state index contributed by atoms with van der Waals surface area (Å²) in [5, 5.41) is -0.0468. The molecule has 1 aromatic heterocycles. The van der Waals surface area contributed by atoms with E-state index < -0.39 is 21.3 Å². The SMILES string of the molecule is COc1ccc(S(=O)(=O)Oc2c(-c3cc(OC)c(OC)c(OC)c3)oc3cc(OC)cc(OC)c3c2=O)cc1. The van der Waals surface area contributed by atoms with Gasteiger partial charge in [-0.15, -0.1) is 0 Å².